The third-order valence-electron chi connectivity index (χ3n) is 15.9. The summed E-state index contributed by atoms with van der Waals surface area (Å²) >= 11 is 0. The molecule has 2 spiro atoms. The Morgan fingerprint density at radius 1 is 0.872 bits per heavy atom. The van der Waals surface area contributed by atoms with E-state index in [2.05, 4.69) is 41.2 Å². The maximum absolute atomic E-state index is 12.6. The summed E-state index contributed by atoms with van der Waals surface area (Å²) in [7, 11) is 0. The van der Waals surface area contributed by atoms with E-state index in [-0.39, 0.29) is 52.5 Å². The summed E-state index contributed by atoms with van der Waals surface area (Å²) in [5.41, 5.74) is -2.16. The van der Waals surface area contributed by atoms with Gasteiger partial charge in [-0.2, -0.15) is 0 Å². The van der Waals surface area contributed by atoms with Gasteiger partial charge in [0, 0.05) is 11.3 Å². The van der Waals surface area contributed by atoms with Crippen LogP contribution in [-0.4, -0.2) is 92.4 Å². The Kier molecular flexibility index (Phi) is 7.84. The van der Waals surface area contributed by atoms with E-state index in [0.29, 0.717) is 17.6 Å². The predicted molar refractivity (Wildman–Crippen MR) is 175 cm³/mol. The molecule has 7 rings (SSSR count). The number of rotatable bonds is 6. The molecule has 7 aliphatic rings. The van der Waals surface area contributed by atoms with Crippen LogP contribution in [0.5, 0.6) is 0 Å². The smallest absolute Gasteiger partial charge is 0.186 e. The van der Waals surface area contributed by atoms with Gasteiger partial charge < -0.3 is 44.5 Å². The number of hydrogen-bond acceptors (Lipinski definition) is 9. The third kappa shape index (κ3) is 4.55. The van der Waals surface area contributed by atoms with Crippen LogP contribution in [0.3, 0.4) is 0 Å². The van der Waals surface area contributed by atoms with Crippen molar-refractivity contribution in [2.24, 2.45) is 44.8 Å². The second kappa shape index (κ2) is 10.6. The van der Waals surface area contributed by atoms with Crippen LogP contribution < -0.4 is 0 Å². The van der Waals surface area contributed by atoms with Crippen molar-refractivity contribution >= 4 is 0 Å². The monoisotopic (exact) mass is 662 g/mol. The number of aliphatic hydroxyl groups is 5. The first-order chi connectivity index (χ1) is 21.7. The van der Waals surface area contributed by atoms with Gasteiger partial charge in [0.2, 0.25) is 0 Å². The van der Waals surface area contributed by atoms with Crippen molar-refractivity contribution in [2.75, 3.05) is 6.61 Å². The molecule has 2 heterocycles. The quantitative estimate of drug-likeness (QED) is 0.206. The zero-order valence-corrected chi connectivity index (χ0v) is 30.0. The Bertz CT molecular complexity index is 1260. The van der Waals surface area contributed by atoms with Crippen LogP contribution in [0.15, 0.2) is 12.3 Å². The highest BCUT2D eigenvalue weighted by Crippen LogP contribution is 2.89. The molecular weight excluding hydrogens is 600 g/mol. The second-order valence-electron chi connectivity index (χ2n) is 19.0. The molecule has 7 fully saturated rings. The van der Waals surface area contributed by atoms with Crippen molar-refractivity contribution < 1.29 is 44.5 Å². The summed E-state index contributed by atoms with van der Waals surface area (Å²) in [5, 5.41) is 54.4. The van der Waals surface area contributed by atoms with Crippen LogP contribution in [0.1, 0.15) is 113 Å². The van der Waals surface area contributed by atoms with Gasteiger partial charge in [-0.3, -0.25) is 0 Å². The molecule has 16 unspecified atom stereocenters. The van der Waals surface area contributed by atoms with Crippen LogP contribution >= 0.6 is 0 Å². The Balaban J connectivity index is 1.19. The average Bonchev–Trinajstić information content (AvgIpc) is 3.30. The van der Waals surface area contributed by atoms with E-state index in [9.17, 15) is 25.5 Å². The normalized spacial score (nSPS) is 56.6. The highest BCUT2D eigenvalue weighted by molar-refractivity contribution is 5.33. The Morgan fingerprint density at radius 3 is 2.19 bits per heavy atom. The van der Waals surface area contributed by atoms with Crippen LogP contribution in [0.25, 0.3) is 0 Å². The van der Waals surface area contributed by atoms with Crippen LogP contribution in [0, 0.1) is 44.8 Å². The lowest BCUT2D eigenvalue weighted by Gasteiger charge is -2.65. The van der Waals surface area contributed by atoms with E-state index >= 15 is 0 Å². The number of allylic oxidation sites excluding steroid dienone is 1. The van der Waals surface area contributed by atoms with Crippen molar-refractivity contribution in [1.29, 1.82) is 0 Å². The maximum Gasteiger partial charge on any atom is 0.186 e. The lowest BCUT2D eigenvalue weighted by molar-refractivity contribution is -0.303. The molecule has 2 saturated heterocycles. The largest absolute Gasteiger partial charge is 0.495 e. The van der Waals surface area contributed by atoms with Gasteiger partial charge in [0.1, 0.15) is 24.4 Å². The number of aliphatic hydroxyl groups excluding tert-OH is 4. The molecule has 2 aliphatic heterocycles. The molecule has 0 aromatic rings. The minimum Gasteiger partial charge on any atom is -0.495 e. The SMILES string of the molecule is C=C(C)OC1CC2(C)C3CCC4C(C)(C)C(OC5OCC(O)C(O)C5O)CCC45CC35CC(O)C2(C)C1C1(C)CCC(C(C)(C)O)O1. The van der Waals surface area contributed by atoms with Gasteiger partial charge in [-0.05, 0) is 119 Å². The molecule has 268 valence electrons. The van der Waals surface area contributed by atoms with Gasteiger partial charge in [0.05, 0.1) is 41.9 Å². The van der Waals surface area contributed by atoms with Gasteiger partial charge in [0.15, 0.2) is 6.29 Å². The van der Waals surface area contributed by atoms with Crippen LogP contribution in [0.2, 0.25) is 0 Å². The highest BCUT2D eigenvalue weighted by atomic mass is 16.7. The van der Waals surface area contributed by atoms with E-state index in [0.717, 1.165) is 57.8 Å². The lowest BCUT2D eigenvalue weighted by Crippen LogP contribution is -2.64. The molecular formula is C38H62O9. The zero-order valence-electron chi connectivity index (χ0n) is 30.0. The molecule has 9 heteroatoms. The molecule has 0 radical (unpaired) electrons. The number of fused-ring (bicyclic) bond motifs is 2. The van der Waals surface area contributed by atoms with Crippen molar-refractivity contribution in [3.8, 4) is 0 Å². The summed E-state index contributed by atoms with van der Waals surface area (Å²) in [6.07, 6.45) is 2.52. The van der Waals surface area contributed by atoms with E-state index in [1.165, 1.54) is 0 Å². The predicted octanol–water partition coefficient (Wildman–Crippen LogP) is 4.46. The molecule has 16 atom stereocenters. The average molecular weight is 663 g/mol. The van der Waals surface area contributed by atoms with E-state index in [1.807, 2.05) is 20.8 Å². The molecule has 47 heavy (non-hydrogen) atoms. The molecule has 9 nitrogen and oxygen atoms in total. The number of hydrogen-bond donors (Lipinski definition) is 5. The third-order valence-corrected chi connectivity index (χ3v) is 15.9. The van der Waals surface area contributed by atoms with Gasteiger partial charge in [-0.25, -0.2) is 0 Å². The fraction of sp³-hybridized carbons (Fsp3) is 0.947. The Morgan fingerprint density at radius 2 is 1.55 bits per heavy atom. The zero-order chi connectivity index (χ0) is 34.3. The van der Waals surface area contributed by atoms with Gasteiger partial charge in [-0.1, -0.05) is 34.3 Å². The van der Waals surface area contributed by atoms with Gasteiger partial charge in [-0.15, -0.1) is 0 Å². The fourth-order valence-corrected chi connectivity index (χ4v) is 13.7. The Labute approximate surface area is 281 Å². The van der Waals surface area contributed by atoms with E-state index in [1.54, 1.807) is 0 Å². The van der Waals surface area contributed by atoms with E-state index < -0.39 is 47.3 Å². The second-order valence-corrected chi connectivity index (χ2v) is 19.0. The standard InChI is InChI=1S/C38H62O9/c1-20(2)45-22-16-34(7)24-11-10-23-32(3,4)26(46-31-29(42)28(41)21(39)18-44-31)13-15-37(23)19-38(24,37)17-25(40)36(34,9)30(22)35(8)14-12-27(47-35)33(5,6)43/h21-31,39-43H,1,10-19H2,2-9H3. The molecule has 5 aliphatic carbocycles. The first kappa shape index (κ1) is 34.7. The molecule has 0 aromatic heterocycles. The van der Waals surface area contributed by atoms with Gasteiger partial charge in [0.25, 0.3) is 0 Å². The first-order valence-electron chi connectivity index (χ1n) is 18.4. The fourth-order valence-electron chi connectivity index (χ4n) is 13.7. The minimum absolute atomic E-state index is 0.0444. The summed E-state index contributed by atoms with van der Waals surface area (Å²) in [4.78, 5) is 0. The summed E-state index contributed by atoms with van der Waals surface area (Å²) in [6, 6.07) is 0. The van der Waals surface area contributed by atoms with Crippen molar-refractivity contribution in [2.45, 2.75) is 173 Å². The molecule has 5 saturated carbocycles. The summed E-state index contributed by atoms with van der Waals surface area (Å²) in [5.74, 6) is 1.46. The topological polar surface area (TPSA) is 138 Å². The minimum atomic E-state index is -1.30. The molecule has 0 amide bonds. The first-order valence-corrected chi connectivity index (χ1v) is 18.4. The molecule has 5 N–H and O–H groups in total. The molecule has 0 aromatic carbocycles. The molecule has 0 bridgehead atoms. The highest BCUT2D eigenvalue weighted by Gasteiger charge is 2.85. The summed E-state index contributed by atoms with van der Waals surface area (Å²) < 4.78 is 25.6. The van der Waals surface area contributed by atoms with Crippen LogP contribution in [0.4, 0.5) is 0 Å². The van der Waals surface area contributed by atoms with Crippen LogP contribution in [-0.2, 0) is 18.9 Å². The van der Waals surface area contributed by atoms with Crippen molar-refractivity contribution in [3.05, 3.63) is 12.3 Å². The van der Waals surface area contributed by atoms with Crippen molar-refractivity contribution in [3.63, 3.8) is 0 Å². The maximum atomic E-state index is 12.6. The van der Waals surface area contributed by atoms with E-state index in [4.69, 9.17) is 18.9 Å². The lowest BCUT2D eigenvalue weighted by atomic mass is 9.41. The summed E-state index contributed by atoms with van der Waals surface area (Å²) in [6.45, 7) is 21.2. The van der Waals surface area contributed by atoms with Gasteiger partial charge >= 0.3 is 0 Å². The Hall–Kier alpha value is -0.780. The van der Waals surface area contributed by atoms with Crippen molar-refractivity contribution in [1.82, 2.24) is 0 Å². The number of ether oxygens (including phenoxy) is 4.